The fourth-order valence-corrected chi connectivity index (χ4v) is 1.45. The van der Waals surface area contributed by atoms with Crippen LogP contribution in [0.3, 0.4) is 0 Å². The van der Waals surface area contributed by atoms with E-state index in [9.17, 15) is 9.59 Å². The highest BCUT2D eigenvalue weighted by Gasteiger charge is 2.28. The summed E-state index contributed by atoms with van der Waals surface area (Å²) in [5.41, 5.74) is 0. The van der Waals surface area contributed by atoms with Crippen LogP contribution in [0.5, 0.6) is 0 Å². The van der Waals surface area contributed by atoms with Gasteiger partial charge in [-0.15, -0.1) is 0 Å². The molecule has 0 aromatic carbocycles. The molecular weight excluding hydrogens is 146 g/mol. The lowest BCUT2D eigenvalue weighted by Crippen LogP contribution is -2.25. The number of hydrogen-bond donors (Lipinski definition) is 2. The second kappa shape index (κ2) is 3.37. The number of carboxylic acids is 1. The van der Waals surface area contributed by atoms with Crippen molar-refractivity contribution in [1.82, 2.24) is 5.32 Å². The van der Waals surface area contributed by atoms with Gasteiger partial charge in [0.1, 0.15) is 0 Å². The van der Waals surface area contributed by atoms with Crippen molar-refractivity contribution in [1.29, 1.82) is 0 Å². The third-order valence-corrected chi connectivity index (χ3v) is 2.09. The van der Waals surface area contributed by atoms with Gasteiger partial charge in [0, 0.05) is 6.04 Å². The maximum atomic E-state index is 10.4. The summed E-state index contributed by atoms with van der Waals surface area (Å²) in [5.74, 6) is -1.01. The van der Waals surface area contributed by atoms with Crippen LogP contribution in [0.4, 0.5) is 0 Å². The quantitative estimate of drug-likeness (QED) is 0.566. The zero-order valence-corrected chi connectivity index (χ0v) is 6.12. The van der Waals surface area contributed by atoms with Gasteiger partial charge in [-0.1, -0.05) is 0 Å². The van der Waals surface area contributed by atoms with E-state index in [0.717, 1.165) is 6.42 Å². The number of aliphatic carboxylic acids is 1. The molecule has 0 aromatic rings. The van der Waals surface area contributed by atoms with Gasteiger partial charge in [-0.2, -0.15) is 0 Å². The predicted octanol–water partition coefficient (Wildman–Crippen LogP) is -0.0143. The summed E-state index contributed by atoms with van der Waals surface area (Å²) in [6.45, 7) is 0. The van der Waals surface area contributed by atoms with Crippen molar-refractivity contribution in [3.05, 3.63) is 0 Å². The molecule has 0 bridgehead atoms. The van der Waals surface area contributed by atoms with E-state index in [1.807, 2.05) is 0 Å². The minimum atomic E-state index is -0.750. The molecule has 2 N–H and O–H groups in total. The standard InChI is InChI=1S/C7H11NO3/c9-4-8-6-2-1-5(3-6)7(10)11/h4-6H,1-3H2,(H,8,9)(H,10,11). The molecule has 62 valence electrons. The van der Waals surface area contributed by atoms with Crippen molar-refractivity contribution in [2.45, 2.75) is 25.3 Å². The van der Waals surface area contributed by atoms with Crippen LogP contribution in [0, 0.1) is 5.92 Å². The Labute approximate surface area is 64.6 Å². The molecule has 1 saturated carbocycles. The summed E-state index contributed by atoms with van der Waals surface area (Å²) in [7, 11) is 0. The van der Waals surface area contributed by atoms with Crippen LogP contribution in [0.1, 0.15) is 19.3 Å². The molecule has 1 aliphatic rings. The first-order valence-corrected chi connectivity index (χ1v) is 3.66. The average Bonchev–Trinajstić information content (AvgIpc) is 2.37. The molecule has 1 fully saturated rings. The molecule has 1 aliphatic carbocycles. The summed E-state index contributed by atoms with van der Waals surface area (Å²) >= 11 is 0. The first kappa shape index (κ1) is 8.04. The highest BCUT2D eigenvalue weighted by molar-refractivity contribution is 5.70. The molecule has 4 heteroatoms. The van der Waals surface area contributed by atoms with Gasteiger partial charge in [0.2, 0.25) is 6.41 Å². The van der Waals surface area contributed by atoms with Crippen LogP contribution in [0.2, 0.25) is 0 Å². The largest absolute Gasteiger partial charge is 0.481 e. The monoisotopic (exact) mass is 157 g/mol. The molecule has 1 amide bonds. The lowest BCUT2D eigenvalue weighted by atomic mass is 10.1. The Morgan fingerprint density at radius 2 is 2.27 bits per heavy atom. The highest BCUT2D eigenvalue weighted by atomic mass is 16.4. The van der Waals surface area contributed by atoms with Crippen molar-refractivity contribution in [2.24, 2.45) is 5.92 Å². The van der Waals surface area contributed by atoms with Crippen LogP contribution in [0.25, 0.3) is 0 Å². The van der Waals surface area contributed by atoms with Crippen LogP contribution >= 0.6 is 0 Å². The summed E-state index contributed by atoms with van der Waals surface area (Å²) in [5, 5.41) is 11.2. The molecule has 2 unspecified atom stereocenters. The third kappa shape index (κ3) is 1.93. The minimum absolute atomic E-state index is 0.0774. The Morgan fingerprint density at radius 3 is 2.73 bits per heavy atom. The topological polar surface area (TPSA) is 66.4 Å². The molecule has 11 heavy (non-hydrogen) atoms. The van der Waals surface area contributed by atoms with E-state index in [4.69, 9.17) is 5.11 Å². The Balaban J connectivity index is 2.34. The van der Waals surface area contributed by atoms with Crippen molar-refractivity contribution < 1.29 is 14.7 Å². The normalized spacial score (nSPS) is 29.8. The van der Waals surface area contributed by atoms with Gasteiger partial charge >= 0.3 is 5.97 Å². The maximum absolute atomic E-state index is 10.4. The van der Waals surface area contributed by atoms with Gasteiger partial charge in [-0.05, 0) is 19.3 Å². The summed E-state index contributed by atoms with van der Waals surface area (Å²) < 4.78 is 0. The summed E-state index contributed by atoms with van der Waals surface area (Å²) in [6.07, 6.45) is 2.68. The van der Waals surface area contributed by atoms with Crippen LogP contribution in [-0.2, 0) is 9.59 Å². The first-order chi connectivity index (χ1) is 5.24. The molecule has 4 nitrogen and oxygen atoms in total. The lowest BCUT2D eigenvalue weighted by Gasteiger charge is -2.05. The fraction of sp³-hybridized carbons (Fsp3) is 0.714. The number of nitrogens with one attached hydrogen (secondary N) is 1. The van der Waals surface area contributed by atoms with Gasteiger partial charge < -0.3 is 10.4 Å². The summed E-state index contributed by atoms with van der Waals surface area (Å²) in [4.78, 5) is 20.4. The molecule has 0 aromatic heterocycles. The van der Waals surface area contributed by atoms with Gasteiger partial charge in [-0.25, -0.2) is 0 Å². The molecule has 0 radical (unpaired) electrons. The Morgan fingerprint density at radius 1 is 1.55 bits per heavy atom. The fourth-order valence-electron chi connectivity index (χ4n) is 1.45. The summed E-state index contributed by atoms with van der Waals surface area (Å²) in [6, 6.07) is 0.0774. The molecule has 1 rings (SSSR count). The minimum Gasteiger partial charge on any atom is -0.481 e. The van der Waals surface area contributed by atoms with Gasteiger partial charge in [0.25, 0.3) is 0 Å². The van der Waals surface area contributed by atoms with Crippen molar-refractivity contribution in [3.63, 3.8) is 0 Å². The van der Waals surface area contributed by atoms with E-state index >= 15 is 0 Å². The molecule has 0 heterocycles. The van der Waals surface area contributed by atoms with Crippen molar-refractivity contribution >= 4 is 12.4 Å². The van der Waals surface area contributed by atoms with Gasteiger partial charge in [0.05, 0.1) is 5.92 Å². The number of hydrogen-bond acceptors (Lipinski definition) is 2. The van der Waals surface area contributed by atoms with Gasteiger partial charge in [0.15, 0.2) is 0 Å². The number of amides is 1. The molecule has 0 spiro atoms. The van der Waals surface area contributed by atoms with Crippen LogP contribution in [-0.4, -0.2) is 23.5 Å². The Kier molecular flexibility index (Phi) is 2.46. The second-order valence-electron chi connectivity index (χ2n) is 2.83. The van der Waals surface area contributed by atoms with Crippen LogP contribution in [0.15, 0.2) is 0 Å². The smallest absolute Gasteiger partial charge is 0.306 e. The molecule has 0 aliphatic heterocycles. The van der Waals surface area contributed by atoms with Gasteiger partial charge in [-0.3, -0.25) is 9.59 Å². The predicted molar refractivity (Wildman–Crippen MR) is 38.0 cm³/mol. The third-order valence-electron chi connectivity index (χ3n) is 2.09. The Hall–Kier alpha value is -1.06. The van der Waals surface area contributed by atoms with E-state index in [2.05, 4.69) is 5.32 Å². The number of carboxylic acid groups (broad SMARTS) is 1. The molecule has 2 atom stereocenters. The van der Waals surface area contributed by atoms with E-state index in [1.165, 1.54) is 0 Å². The first-order valence-electron chi connectivity index (χ1n) is 3.66. The average molecular weight is 157 g/mol. The number of rotatable bonds is 3. The number of carbonyl (C=O) groups is 2. The SMILES string of the molecule is O=CNC1CCC(C(=O)O)C1. The van der Waals surface area contributed by atoms with E-state index in [0.29, 0.717) is 19.3 Å². The zero-order valence-electron chi connectivity index (χ0n) is 6.12. The maximum Gasteiger partial charge on any atom is 0.306 e. The van der Waals surface area contributed by atoms with E-state index in [1.54, 1.807) is 0 Å². The molecular formula is C7H11NO3. The lowest BCUT2D eigenvalue weighted by molar-refractivity contribution is -0.141. The second-order valence-corrected chi connectivity index (χ2v) is 2.83. The van der Waals surface area contributed by atoms with Crippen molar-refractivity contribution in [3.8, 4) is 0 Å². The van der Waals surface area contributed by atoms with Crippen LogP contribution < -0.4 is 5.32 Å². The highest BCUT2D eigenvalue weighted by Crippen LogP contribution is 2.25. The zero-order chi connectivity index (χ0) is 8.27. The number of carbonyl (C=O) groups excluding carboxylic acids is 1. The van der Waals surface area contributed by atoms with E-state index in [-0.39, 0.29) is 12.0 Å². The molecule has 0 saturated heterocycles. The Bertz CT molecular complexity index is 169. The van der Waals surface area contributed by atoms with E-state index < -0.39 is 5.97 Å². The van der Waals surface area contributed by atoms with Crippen molar-refractivity contribution in [2.75, 3.05) is 0 Å².